The van der Waals surface area contributed by atoms with Crippen molar-refractivity contribution in [2.45, 2.75) is 44.2 Å². The van der Waals surface area contributed by atoms with E-state index in [4.69, 9.17) is 0 Å². The van der Waals surface area contributed by atoms with Crippen molar-refractivity contribution in [3.05, 3.63) is 209 Å². The standard InChI is InChI=1S/C59H41N5/c1-57(2)40-22-12-15-25-45(40)61-50-31-36(34-17-7-5-8-18-34)29-48-49-30-37(35-19-9-6-10-20-35)32-51-62-46-26-16-13-23-41(46)58(3,4)43-33-39-38-21-11-14-24-44(38)60-47-28-27-42(57)55(61)52(47)59(63(48)50,64(49)51)53(54(39)60)56(43)62/h5-33H,1-4H3/q+2. The summed E-state index contributed by atoms with van der Waals surface area (Å²) in [5.41, 5.74) is 22.9. The van der Waals surface area contributed by atoms with Gasteiger partial charge in [0.25, 0.3) is 11.6 Å². The fourth-order valence-electron chi connectivity index (χ4n) is 13.5. The lowest BCUT2D eigenvalue weighted by atomic mass is 9.67. The van der Waals surface area contributed by atoms with Crippen LogP contribution in [-0.2, 0) is 16.5 Å². The maximum atomic E-state index is 2.78. The fraction of sp³-hybridized carbons (Fsp3) is 0.119. The van der Waals surface area contributed by atoms with E-state index in [2.05, 4.69) is 227 Å². The van der Waals surface area contributed by atoms with Crippen LogP contribution in [0.5, 0.6) is 0 Å². The van der Waals surface area contributed by atoms with Gasteiger partial charge in [-0.3, -0.25) is 0 Å². The molecule has 0 aliphatic carbocycles. The first kappa shape index (κ1) is 33.8. The van der Waals surface area contributed by atoms with Crippen LogP contribution in [0.15, 0.2) is 176 Å². The number of rotatable bonds is 2. The van der Waals surface area contributed by atoms with Gasteiger partial charge < -0.3 is 4.57 Å². The second kappa shape index (κ2) is 10.7. The molecule has 0 bridgehead atoms. The largest absolute Gasteiger partial charge is 0.319 e. The third-order valence-corrected chi connectivity index (χ3v) is 16.1. The summed E-state index contributed by atoms with van der Waals surface area (Å²) in [6, 6.07) is 67.0. The number of hydrogen-bond donors (Lipinski definition) is 0. The molecule has 3 aromatic heterocycles. The van der Waals surface area contributed by atoms with Crippen LogP contribution in [0.3, 0.4) is 0 Å². The Morgan fingerprint density at radius 3 is 1.52 bits per heavy atom. The predicted octanol–water partition coefficient (Wildman–Crippen LogP) is 13.1. The Morgan fingerprint density at radius 1 is 0.391 bits per heavy atom. The van der Waals surface area contributed by atoms with Gasteiger partial charge in [-0.1, -0.05) is 149 Å². The van der Waals surface area contributed by atoms with Crippen LogP contribution in [0.2, 0.25) is 0 Å². The van der Waals surface area contributed by atoms with Crippen molar-refractivity contribution in [2.75, 3.05) is 9.80 Å². The summed E-state index contributed by atoms with van der Waals surface area (Å²) in [5, 5.41) is 2.60. The van der Waals surface area contributed by atoms with Crippen LogP contribution in [0.4, 0.5) is 34.4 Å². The Morgan fingerprint density at radius 2 is 0.906 bits per heavy atom. The number of aromatic nitrogens is 3. The first-order chi connectivity index (χ1) is 31.3. The summed E-state index contributed by atoms with van der Waals surface area (Å²) in [7, 11) is 0. The van der Waals surface area contributed by atoms with Crippen molar-refractivity contribution < 1.29 is 9.13 Å². The lowest BCUT2D eigenvalue weighted by molar-refractivity contribution is -0.928. The van der Waals surface area contributed by atoms with E-state index in [1.807, 2.05) is 0 Å². The van der Waals surface area contributed by atoms with Gasteiger partial charge in [0.05, 0.1) is 16.7 Å². The second-order valence-electron chi connectivity index (χ2n) is 19.8. The molecule has 64 heavy (non-hydrogen) atoms. The molecule has 300 valence electrons. The molecule has 6 aliphatic heterocycles. The van der Waals surface area contributed by atoms with Crippen molar-refractivity contribution >= 4 is 56.2 Å². The van der Waals surface area contributed by atoms with E-state index in [1.54, 1.807) is 0 Å². The van der Waals surface area contributed by atoms with E-state index in [0.717, 1.165) is 0 Å². The molecule has 6 aliphatic rings. The molecule has 5 nitrogen and oxygen atoms in total. The van der Waals surface area contributed by atoms with Gasteiger partial charge in [-0.2, -0.15) is 18.9 Å². The van der Waals surface area contributed by atoms with Crippen LogP contribution in [-0.4, -0.2) is 4.57 Å². The second-order valence-corrected chi connectivity index (χ2v) is 19.8. The molecule has 5 heteroatoms. The zero-order valence-electron chi connectivity index (χ0n) is 36.0. The van der Waals surface area contributed by atoms with Crippen LogP contribution in [0, 0.1) is 0 Å². The van der Waals surface area contributed by atoms with E-state index >= 15 is 0 Å². The lowest BCUT2D eigenvalue weighted by Gasteiger charge is -2.49. The van der Waals surface area contributed by atoms with Gasteiger partial charge in [0.2, 0.25) is 0 Å². The van der Waals surface area contributed by atoms with Crippen LogP contribution in [0.25, 0.3) is 61.1 Å². The monoisotopic (exact) mass is 819 g/mol. The van der Waals surface area contributed by atoms with E-state index < -0.39 is 5.66 Å². The maximum Gasteiger partial charge on any atom is 0.319 e. The highest BCUT2D eigenvalue weighted by Gasteiger charge is 2.72. The molecule has 0 radical (unpaired) electrons. The number of para-hydroxylation sites is 3. The molecule has 10 aromatic rings. The minimum atomic E-state index is -0.772. The highest BCUT2D eigenvalue weighted by atomic mass is 15.5. The molecule has 0 fully saturated rings. The number of fused-ring (bicyclic) bond motifs is 11. The van der Waals surface area contributed by atoms with E-state index in [9.17, 15) is 0 Å². The molecule has 1 unspecified atom stereocenters. The summed E-state index contributed by atoms with van der Waals surface area (Å²) in [4.78, 5) is 5.30. The minimum Gasteiger partial charge on any atom is -0.308 e. The van der Waals surface area contributed by atoms with Crippen molar-refractivity contribution in [1.82, 2.24) is 4.57 Å². The van der Waals surface area contributed by atoms with Crippen molar-refractivity contribution in [3.8, 4) is 39.3 Å². The normalized spacial score (nSPS) is 18.2. The zero-order chi connectivity index (χ0) is 42.2. The fourth-order valence-corrected chi connectivity index (χ4v) is 13.5. The van der Waals surface area contributed by atoms with Gasteiger partial charge in [-0.05, 0) is 64.7 Å². The minimum absolute atomic E-state index is 0.270. The zero-order valence-corrected chi connectivity index (χ0v) is 36.0. The molecule has 9 heterocycles. The lowest BCUT2D eigenvalue weighted by Crippen LogP contribution is -2.77. The highest BCUT2D eigenvalue weighted by molar-refractivity contribution is 6.15. The summed E-state index contributed by atoms with van der Waals surface area (Å²) in [6.45, 7) is 9.77. The summed E-state index contributed by atoms with van der Waals surface area (Å²) < 4.78 is 8.20. The van der Waals surface area contributed by atoms with Crippen molar-refractivity contribution in [1.29, 1.82) is 0 Å². The third-order valence-electron chi connectivity index (χ3n) is 16.1. The summed E-state index contributed by atoms with van der Waals surface area (Å²) >= 11 is 0. The molecular formula is C59H41N5+2. The Kier molecular flexibility index (Phi) is 5.65. The highest BCUT2D eigenvalue weighted by Crippen LogP contribution is 2.67. The van der Waals surface area contributed by atoms with Gasteiger partial charge in [0.15, 0.2) is 22.8 Å². The van der Waals surface area contributed by atoms with Crippen molar-refractivity contribution in [3.63, 3.8) is 0 Å². The van der Waals surface area contributed by atoms with E-state index in [-0.39, 0.29) is 10.8 Å². The van der Waals surface area contributed by atoms with Gasteiger partial charge in [0, 0.05) is 56.0 Å². The Hall–Kier alpha value is -7.76. The van der Waals surface area contributed by atoms with Crippen LogP contribution in [0.1, 0.15) is 61.1 Å². The first-order valence-corrected chi connectivity index (χ1v) is 22.7. The smallest absolute Gasteiger partial charge is 0.308 e. The van der Waals surface area contributed by atoms with Gasteiger partial charge in [-0.25, -0.2) is 0 Å². The molecule has 0 N–H and O–H groups in total. The Labute approximate surface area is 371 Å². The molecular weight excluding hydrogens is 779 g/mol. The molecule has 1 atom stereocenters. The first-order valence-electron chi connectivity index (χ1n) is 22.7. The average Bonchev–Trinajstić information content (AvgIpc) is 3.82. The molecule has 0 saturated heterocycles. The number of benzene rings is 7. The molecule has 1 spiro atoms. The maximum absolute atomic E-state index is 2.78. The predicted molar refractivity (Wildman–Crippen MR) is 256 cm³/mol. The Bertz CT molecular complexity index is 3770. The molecule has 16 rings (SSSR count). The topological polar surface area (TPSA) is 19.2 Å². The molecule has 0 saturated carbocycles. The third kappa shape index (κ3) is 3.48. The number of anilines is 6. The van der Waals surface area contributed by atoms with Gasteiger partial charge in [0.1, 0.15) is 22.5 Å². The number of nitrogens with zero attached hydrogens (tertiary/aromatic N) is 5. The van der Waals surface area contributed by atoms with E-state index in [0.29, 0.717) is 0 Å². The van der Waals surface area contributed by atoms with Crippen molar-refractivity contribution in [2.24, 2.45) is 0 Å². The van der Waals surface area contributed by atoms with Crippen LogP contribution < -0.4 is 18.9 Å². The molecule has 0 amide bonds. The van der Waals surface area contributed by atoms with Gasteiger partial charge >= 0.3 is 5.66 Å². The van der Waals surface area contributed by atoms with Crippen LogP contribution >= 0.6 is 0 Å². The Balaban J connectivity index is 1.22. The number of pyridine rings is 2. The summed E-state index contributed by atoms with van der Waals surface area (Å²) in [6.07, 6.45) is 0. The van der Waals surface area contributed by atoms with Gasteiger partial charge in [-0.15, -0.1) is 0 Å². The number of hydrogen-bond acceptors (Lipinski definition) is 2. The summed E-state index contributed by atoms with van der Waals surface area (Å²) in [5.74, 6) is 2.36. The molecule has 7 aromatic carbocycles. The quantitative estimate of drug-likeness (QED) is 0.162. The van der Waals surface area contributed by atoms with E-state index in [1.165, 1.54) is 129 Å². The average molecular weight is 820 g/mol. The SMILES string of the molecule is CC1(C)c2ccccc2N2c3c1ccc1c3C34c5c6c(cc7c8ccccc8n-1c57)C(C)(C)c1ccccc1N6c1cc(-c5ccccc5)cc([n+]13)-c1cc(-c3ccccc3)cc2[n+]14.